The Kier molecular flexibility index (Phi) is 11.2. The van der Waals surface area contributed by atoms with Crippen LogP contribution in [0.4, 0.5) is 0 Å². The van der Waals surface area contributed by atoms with E-state index < -0.39 is 0 Å². The molecule has 126 valence electrons. The number of nitrogens with one attached hydrogen (secondary N) is 1. The quantitative estimate of drug-likeness (QED) is 0.386. The molecule has 0 unspecified atom stereocenters. The molecule has 6 heteroatoms. The summed E-state index contributed by atoms with van der Waals surface area (Å²) in [5.74, 6) is 0.512. The van der Waals surface area contributed by atoms with Gasteiger partial charge in [-0.2, -0.15) is 0 Å². The summed E-state index contributed by atoms with van der Waals surface area (Å²) in [6.07, 6.45) is 2.65. The summed E-state index contributed by atoms with van der Waals surface area (Å²) in [6.45, 7) is 11.2. The van der Waals surface area contributed by atoms with Gasteiger partial charge in [0.25, 0.3) is 0 Å². The van der Waals surface area contributed by atoms with E-state index in [1.165, 1.54) is 0 Å². The first-order valence-electron chi connectivity index (χ1n) is 7.70. The summed E-state index contributed by atoms with van der Waals surface area (Å²) < 4.78 is 0. The molecule has 0 saturated carbocycles. The molecule has 0 aromatic carbocycles. The number of halogens is 1. The maximum atomic E-state index is 5.88. The maximum Gasteiger partial charge on any atom is 0.188 e. The summed E-state index contributed by atoms with van der Waals surface area (Å²) in [7, 11) is 0. The number of hydrogen-bond acceptors (Lipinski definition) is 3. The second kappa shape index (κ2) is 11.6. The van der Waals surface area contributed by atoms with Crippen LogP contribution in [0.1, 0.15) is 33.4 Å². The van der Waals surface area contributed by atoms with Crippen molar-refractivity contribution in [2.75, 3.05) is 19.6 Å². The zero-order chi connectivity index (χ0) is 15.7. The van der Waals surface area contributed by atoms with Crippen LogP contribution in [-0.2, 0) is 6.42 Å². The van der Waals surface area contributed by atoms with E-state index in [1.807, 2.05) is 18.2 Å². The Bertz CT molecular complexity index is 412. The van der Waals surface area contributed by atoms with E-state index in [9.17, 15) is 0 Å². The molecule has 1 aromatic rings. The normalized spacial score (nSPS) is 11.9. The van der Waals surface area contributed by atoms with Gasteiger partial charge >= 0.3 is 0 Å². The van der Waals surface area contributed by atoms with E-state index in [1.54, 1.807) is 6.20 Å². The van der Waals surface area contributed by atoms with Crippen molar-refractivity contribution in [2.45, 2.75) is 46.2 Å². The van der Waals surface area contributed by atoms with E-state index >= 15 is 0 Å². The standard InChI is InChI=1S/C16H29N5.HI/c1-13(2)21(14(3)4)12-11-20-16(17)19-10-8-15-7-5-6-9-18-15;/h5-7,9,13-14H,8,10-12H2,1-4H3,(H3,17,19,20);1H. The van der Waals surface area contributed by atoms with Crippen molar-refractivity contribution in [2.24, 2.45) is 10.7 Å². The zero-order valence-electron chi connectivity index (χ0n) is 14.1. The molecule has 3 N–H and O–H groups in total. The van der Waals surface area contributed by atoms with Crippen LogP contribution in [0.25, 0.3) is 0 Å². The van der Waals surface area contributed by atoms with Gasteiger partial charge in [-0.25, -0.2) is 0 Å². The van der Waals surface area contributed by atoms with Crippen molar-refractivity contribution in [1.29, 1.82) is 0 Å². The molecular weight excluding hydrogens is 389 g/mol. The monoisotopic (exact) mass is 419 g/mol. The van der Waals surface area contributed by atoms with E-state index in [2.05, 4.69) is 47.9 Å². The SMILES string of the molecule is CC(C)N(CCN=C(N)NCCc1ccccn1)C(C)C.I. The van der Waals surface area contributed by atoms with Crippen LogP contribution in [0.2, 0.25) is 0 Å². The van der Waals surface area contributed by atoms with E-state index in [4.69, 9.17) is 5.73 Å². The summed E-state index contributed by atoms with van der Waals surface area (Å²) in [5, 5.41) is 3.13. The Morgan fingerprint density at radius 2 is 1.95 bits per heavy atom. The van der Waals surface area contributed by atoms with Crippen molar-refractivity contribution >= 4 is 29.9 Å². The van der Waals surface area contributed by atoms with E-state index in [0.717, 1.165) is 31.7 Å². The summed E-state index contributed by atoms with van der Waals surface area (Å²) in [4.78, 5) is 11.1. The van der Waals surface area contributed by atoms with Gasteiger partial charge in [-0.15, -0.1) is 24.0 Å². The maximum absolute atomic E-state index is 5.88. The Morgan fingerprint density at radius 3 is 2.50 bits per heavy atom. The van der Waals surface area contributed by atoms with Crippen LogP contribution < -0.4 is 11.1 Å². The predicted molar refractivity (Wildman–Crippen MR) is 105 cm³/mol. The molecule has 1 heterocycles. The number of pyridine rings is 1. The molecule has 0 saturated heterocycles. The van der Waals surface area contributed by atoms with Crippen LogP contribution in [0, 0.1) is 0 Å². The smallest absolute Gasteiger partial charge is 0.188 e. The molecule has 0 aliphatic rings. The molecule has 22 heavy (non-hydrogen) atoms. The van der Waals surface area contributed by atoms with Crippen LogP contribution in [0.15, 0.2) is 29.4 Å². The summed E-state index contributed by atoms with van der Waals surface area (Å²) >= 11 is 0. The van der Waals surface area contributed by atoms with Crippen LogP contribution in [0.3, 0.4) is 0 Å². The molecule has 0 spiro atoms. The lowest BCUT2D eigenvalue weighted by Crippen LogP contribution is -2.39. The molecule has 0 aliphatic heterocycles. The first kappa shape index (κ1) is 21.1. The van der Waals surface area contributed by atoms with E-state index in [0.29, 0.717) is 18.0 Å². The van der Waals surface area contributed by atoms with Crippen molar-refractivity contribution in [3.8, 4) is 0 Å². The lowest BCUT2D eigenvalue weighted by Gasteiger charge is -2.29. The molecular formula is C16H30IN5. The van der Waals surface area contributed by atoms with Gasteiger partial charge in [0.1, 0.15) is 0 Å². The molecule has 0 bridgehead atoms. The third kappa shape index (κ3) is 8.53. The van der Waals surface area contributed by atoms with Crippen LogP contribution in [0.5, 0.6) is 0 Å². The number of rotatable bonds is 8. The topological polar surface area (TPSA) is 66.5 Å². The van der Waals surface area contributed by atoms with Crippen LogP contribution in [-0.4, -0.2) is 47.6 Å². The van der Waals surface area contributed by atoms with Gasteiger partial charge < -0.3 is 11.1 Å². The zero-order valence-corrected chi connectivity index (χ0v) is 16.5. The summed E-state index contributed by atoms with van der Waals surface area (Å²) in [6, 6.07) is 6.98. The Labute approximate surface area is 151 Å². The van der Waals surface area contributed by atoms with Gasteiger partial charge in [0, 0.05) is 43.5 Å². The fourth-order valence-electron chi connectivity index (χ4n) is 2.32. The highest BCUT2D eigenvalue weighted by Gasteiger charge is 2.11. The largest absolute Gasteiger partial charge is 0.370 e. The highest BCUT2D eigenvalue weighted by molar-refractivity contribution is 14.0. The minimum Gasteiger partial charge on any atom is -0.370 e. The molecule has 5 nitrogen and oxygen atoms in total. The number of hydrogen-bond donors (Lipinski definition) is 2. The van der Waals surface area contributed by atoms with Crippen molar-refractivity contribution < 1.29 is 0 Å². The highest BCUT2D eigenvalue weighted by Crippen LogP contribution is 2.03. The Hall–Kier alpha value is -0.890. The number of nitrogens with two attached hydrogens (primary N) is 1. The fourth-order valence-corrected chi connectivity index (χ4v) is 2.32. The lowest BCUT2D eigenvalue weighted by atomic mass is 10.2. The minimum absolute atomic E-state index is 0. The van der Waals surface area contributed by atoms with Gasteiger partial charge in [-0.1, -0.05) is 6.07 Å². The van der Waals surface area contributed by atoms with Gasteiger partial charge in [0.2, 0.25) is 0 Å². The lowest BCUT2D eigenvalue weighted by molar-refractivity contribution is 0.181. The predicted octanol–water partition coefficient (Wildman–Crippen LogP) is 2.27. The van der Waals surface area contributed by atoms with Gasteiger partial charge in [-0.3, -0.25) is 14.9 Å². The second-order valence-electron chi connectivity index (χ2n) is 5.69. The number of guanidine groups is 1. The summed E-state index contributed by atoms with van der Waals surface area (Å²) in [5.41, 5.74) is 6.94. The Balaban J connectivity index is 0.00000441. The van der Waals surface area contributed by atoms with Crippen LogP contribution >= 0.6 is 24.0 Å². The third-order valence-electron chi connectivity index (χ3n) is 3.38. The Morgan fingerprint density at radius 1 is 1.27 bits per heavy atom. The highest BCUT2D eigenvalue weighted by atomic mass is 127. The number of aliphatic imine (C=N–C) groups is 1. The fraction of sp³-hybridized carbons (Fsp3) is 0.625. The van der Waals surface area contributed by atoms with Gasteiger partial charge in [0.15, 0.2) is 5.96 Å². The molecule has 0 amide bonds. The molecule has 0 fully saturated rings. The van der Waals surface area contributed by atoms with Gasteiger partial charge in [-0.05, 0) is 39.8 Å². The van der Waals surface area contributed by atoms with Crippen molar-refractivity contribution in [1.82, 2.24) is 15.2 Å². The second-order valence-corrected chi connectivity index (χ2v) is 5.69. The van der Waals surface area contributed by atoms with E-state index in [-0.39, 0.29) is 24.0 Å². The molecule has 0 atom stereocenters. The molecule has 1 aromatic heterocycles. The molecule has 0 aliphatic carbocycles. The number of nitrogens with zero attached hydrogens (tertiary/aromatic N) is 3. The van der Waals surface area contributed by atoms with Crippen molar-refractivity contribution in [3.05, 3.63) is 30.1 Å². The number of aromatic nitrogens is 1. The average Bonchev–Trinajstić information content (AvgIpc) is 2.44. The molecule has 1 rings (SSSR count). The minimum atomic E-state index is 0. The first-order chi connectivity index (χ1) is 10.0. The average molecular weight is 419 g/mol. The van der Waals surface area contributed by atoms with Crippen molar-refractivity contribution in [3.63, 3.8) is 0 Å². The molecule has 0 radical (unpaired) electrons. The first-order valence-corrected chi connectivity index (χ1v) is 7.70. The van der Waals surface area contributed by atoms with Gasteiger partial charge in [0.05, 0.1) is 6.54 Å². The third-order valence-corrected chi connectivity index (χ3v) is 3.38.